The second-order valence-corrected chi connectivity index (χ2v) is 3.76. The minimum absolute atomic E-state index is 0.235. The number of hydrogen-bond donors (Lipinski definition) is 2. The number of nitrogens with two attached hydrogens (primary N) is 1. The molecule has 5 heteroatoms. The highest BCUT2D eigenvalue weighted by molar-refractivity contribution is 5.30. The molecule has 1 aromatic heterocycles. The van der Waals surface area contributed by atoms with E-state index in [2.05, 4.69) is 22.2 Å². The predicted molar refractivity (Wildman–Crippen MR) is 64.7 cm³/mol. The van der Waals surface area contributed by atoms with Gasteiger partial charge < -0.3 is 15.8 Å². The lowest BCUT2D eigenvalue weighted by Gasteiger charge is -2.10. The predicted octanol–water partition coefficient (Wildman–Crippen LogP) is 1.33. The van der Waals surface area contributed by atoms with Gasteiger partial charge in [-0.15, -0.1) is 0 Å². The summed E-state index contributed by atoms with van der Waals surface area (Å²) in [5.41, 5.74) is 6.70. The Balaban J connectivity index is 2.50. The number of methoxy groups -OCH3 is 1. The van der Waals surface area contributed by atoms with Gasteiger partial charge in [0.2, 0.25) is 11.8 Å². The van der Waals surface area contributed by atoms with Crippen LogP contribution in [0.15, 0.2) is 6.07 Å². The number of aromatic nitrogens is 2. The molecule has 0 fully saturated rings. The lowest BCUT2D eigenvalue weighted by molar-refractivity contribution is 0.397. The molecule has 1 aromatic rings. The van der Waals surface area contributed by atoms with Crippen molar-refractivity contribution in [3.8, 4) is 5.88 Å². The number of hydrogen-bond acceptors (Lipinski definition) is 5. The molecule has 0 aliphatic rings. The molecule has 1 unspecified atom stereocenters. The summed E-state index contributed by atoms with van der Waals surface area (Å²) in [5.74, 6) is 1.18. The average Bonchev–Trinajstić information content (AvgIpc) is 2.28. The third-order valence-corrected chi connectivity index (χ3v) is 2.36. The number of rotatable bonds is 6. The summed E-state index contributed by atoms with van der Waals surface area (Å²) in [6.45, 7) is 4.77. The van der Waals surface area contributed by atoms with Crippen molar-refractivity contribution in [2.24, 2.45) is 5.73 Å². The van der Waals surface area contributed by atoms with Crippen molar-refractivity contribution in [3.63, 3.8) is 0 Å². The van der Waals surface area contributed by atoms with Gasteiger partial charge in [0.25, 0.3) is 0 Å². The molecule has 0 bridgehead atoms. The molecular weight excluding hydrogens is 204 g/mol. The second kappa shape index (κ2) is 6.27. The maximum absolute atomic E-state index is 5.82. The van der Waals surface area contributed by atoms with Gasteiger partial charge in [0.15, 0.2) is 0 Å². The van der Waals surface area contributed by atoms with E-state index in [9.17, 15) is 0 Å². The van der Waals surface area contributed by atoms with E-state index < -0.39 is 0 Å². The molecule has 3 N–H and O–H groups in total. The fraction of sp³-hybridized carbons (Fsp3) is 0.636. The number of aryl methyl sites for hydroxylation is 1. The average molecular weight is 224 g/mol. The molecular formula is C11H20N4O. The van der Waals surface area contributed by atoms with Gasteiger partial charge in [-0.25, -0.2) is 4.98 Å². The first kappa shape index (κ1) is 12.7. The zero-order chi connectivity index (χ0) is 12.0. The van der Waals surface area contributed by atoms with Crippen molar-refractivity contribution < 1.29 is 4.74 Å². The molecule has 5 nitrogen and oxygen atoms in total. The zero-order valence-electron chi connectivity index (χ0n) is 10.2. The SMILES string of the molecule is CCC(N)CCNc1nc(C)cc(OC)n1. The molecule has 0 amide bonds. The van der Waals surface area contributed by atoms with Gasteiger partial charge in [0.05, 0.1) is 7.11 Å². The fourth-order valence-electron chi connectivity index (χ4n) is 1.30. The van der Waals surface area contributed by atoms with E-state index in [0.29, 0.717) is 11.8 Å². The Kier molecular flexibility index (Phi) is 4.98. The van der Waals surface area contributed by atoms with E-state index in [0.717, 1.165) is 25.1 Å². The molecule has 0 aromatic carbocycles. The molecule has 0 aliphatic heterocycles. The van der Waals surface area contributed by atoms with Crippen molar-refractivity contribution in [1.29, 1.82) is 0 Å². The number of ether oxygens (including phenoxy) is 1. The zero-order valence-corrected chi connectivity index (χ0v) is 10.2. The van der Waals surface area contributed by atoms with Crippen LogP contribution in [0.3, 0.4) is 0 Å². The van der Waals surface area contributed by atoms with E-state index in [1.807, 2.05) is 6.92 Å². The minimum atomic E-state index is 0.235. The van der Waals surface area contributed by atoms with Gasteiger partial charge in [0, 0.05) is 24.3 Å². The largest absolute Gasteiger partial charge is 0.481 e. The lowest BCUT2D eigenvalue weighted by Crippen LogP contribution is -2.22. The highest BCUT2D eigenvalue weighted by Crippen LogP contribution is 2.11. The van der Waals surface area contributed by atoms with E-state index in [-0.39, 0.29) is 6.04 Å². The quantitative estimate of drug-likeness (QED) is 0.762. The van der Waals surface area contributed by atoms with Crippen molar-refractivity contribution in [2.45, 2.75) is 32.7 Å². The topological polar surface area (TPSA) is 73.1 Å². The first-order valence-corrected chi connectivity index (χ1v) is 5.54. The molecule has 1 rings (SSSR count). The van der Waals surface area contributed by atoms with E-state index in [1.54, 1.807) is 13.2 Å². The Morgan fingerprint density at radius 3 is 2.88 bits per heavy atom. The summed E-state index contributed by atoms with van der Waals surface area (Å²) >= 11 is 0. The Labute approximate surface area is 96.4 Å². The molecule has 0 aliphatic carbocycles. The van der Waals surface area contributed by atoms with Crippen LogP contribution in [0.2, 0.25) is 0 Å². The van der Waals surface area contributed by atoms with Crippen LogP contribution in [0.4, 0.5) is 5.95 Å². The first-order valence-electron chi connectivity index (χ1n) is 5.54. The number of anilines is 1. The van der Waals surface area contributed by atoms with Gasteiger partial charge in [-0.05, 0) is 19.8 Å². The Bertz CT molecular complexity index is 330. The Hall–Kier alpha value is -1.36. The Morgan fingerprint density at radius 2 is 2.25 bits per heavy atom. The summed E-state index contributed by atoms with van der Waals surface area (Å²) < 4.78 is 5.07. The van der Waals surface area contributed by atoms with Crippen LogP contribution in [0, 0.1) is 6.92 Å². The van der Waals surface area contributed by atoms with Gasteiger partial charge in [0.1, 0.15) is 0 Å². The normalized spacial score (nSPS) is 12.2. The van der Waals surface area contributed by atoms with Crippen molar-refractivity contribution >= 4 is 5.95 Å². The number of nitrogens with zero attached hydrogens (tertiary/aromatic N) is 2. The Morgan fingerprint density at radius 1 is 1.50 bits per heavy atom. The second-order valence-electron chi connectivity index (χ2n) is 3.76. The molecule has 1 heterocycles. The highest BCUT2D eigenvalue weighted by atomic mass is 16.5. The standard InChI is InChI=1S/C11H20N4O/c1-4-9(12)5-6-13-11-14-8(2)7-10(15-11)16-3/h7,9H,4-6,12H2,1-3H3,(H,13,14,15). The summed E-state index contributed by atoms with van der Waals surface area (Å²) in [5, 5.41) is 3.14. The van der Waals surface area contributed by atoms with Crippen LogP contribution < -0.4 is 15.8 Å². The molecule has 0 radical (unpaired) electrons. The fourth-order valence-corrected chi connectivity index (χ4v) is 1.30. The molecule has 1 atom stereocenters. The summed E-state index contributed by atoms with van der Waals surface area (Å²) in [4.78, 5) is 8.45. The van der Waals surface area contributed by atoms with E-state index in [1.165, 1.54) is 0 Å². The molecule has 0 saturated carbocycles. The van der Waals surface area contributed by atoms with Crippen LogP contribution in [0.25, 0.3) is 0 Å². The smallest absolute Gasteiger partial charge is 0.226 e. The van der Waals surface area contributed by atoms with Crippen LogP contribution in [-0.4, -0.2) is 29.7 Å². The van der Waals surface area contributed by atoms with Crippen LogP contribution >= 0.6 is 0 Å². The van der Waals surface area contributed by atoms with Gasteiger partial charge >= 0.3 is 0 Å². The van der Waals surface area contributed by atoms with Crippen molar-refractivity contribution in [1.82, 2.24) is 9.97 Å². The molecule has 16 heavy (non-hydrogen) atoms. The van der Waals surface area contributed by atoms with Crippen LogP contribution in [0.5, 0.6) is 5.88 Å². The summed E-state index contributed by atoms with van der Waals surface area (Å²) in [7, 11) is 1.60. The van der Waals surface area contributed by atoms with Gasteiger partial charge in [-0.1, -0.05) is 6.92 Å². The maximum Gasteiger partial charge on any atom is 0.226 e. The minimum Gasteiger partial charge on any atom is -0.481 e. The first-order chi connectivity index (χ1) is 7.65. The number of nitrogens with one attached hydrogen (secondary N) is 1. The van der Waals surface area contributed by atoms with Crippen molar-refractivity contribution in [3.05, 3.63) is 11.8 Å². The van der Waals surface area contributed by atoms with E-state index in [4.69, 9.17) is 10.5 Å². The summed E-state index contributed by atoms with van der Waals surface area (Å²) in [6.07, 6.45) is 1.90. The third kappa shape index (κ3) is 4.02. The van der Waals surface area contributed by atoms with E-state index >= 15 is 0 Å². The van der Waals surface area contributed by atoms with Crippen LogP contribution in [0.1, 0.15) is 25.5 Å². The third-order valence-electron chi connectivity index (χ3n) is 2.36. The monoisotopic (exact) mass is 224 g/mol. The maximum atomic E-state index is 5.82. The van der Waals surface area contributed by atoms with Gasteiger partial charge in [-0.3, -0.25) is 0 Å². The summed E-state index contributed by atoms with van der Waals surface area (Å²) in [6, 6.07) is 2.03. The van der Waals surface area contributed by atoms with Gasteiger partial charge in [-0.2, -0.15) is 4.98 Å². The van der Waals surface area contributed by atoms with Crippen LogP contribution in [-0.2, 0) is 0 Å². The molecule has 0 saturated heterocycles. The molecule has 90 valence electrons. The highest BCUT2D eigenvalue weighted by Gasteiger charge is 2.03. The van der Waals surface area contributed by atoms with Crippen molar-refractivity contribution in [2.75, 3.05) is 19.0 Å². The molecule has 0 spiro atoms. The lowest BCUT2D eigenvalue weighted by atomic mass is 10.2.